The number of nitro benzene ring substituents is 1. The van der Waals surface area contributed by atoms with E-state index in [0.29, 0.717) is 38.8 Å². The van der Waals surface area contributed by atoms with E-state index in [9.17, 15) is 19.7 Å². The van der Waals surface area contributed by atoms with Gasteiger partial charge >= 0.3 is 5.97 Å². The van der Waals surface area contributed by atoms with Crippen LogP contribution in [-0.4, -0.2) is 41.3 Å². The van der Waals surface area contributed by atoms with Crippen LogP contribution in [0.5, 0.6) is 5.75 Å². The van der Waals surface area contributed by atoms with Crippen LogP contribution in [0.3, 0.4) is 0 Å². The fourth-order valence-corrected chi connectivity index (χ4v) is 3.79. The zero-order chi connectivity index (χ0) is 26.2. The summed E-state index contributed by atoms with van der Waals surface area (Å²) < 4.78 is 10.9. The van der Waals surface area contributed by atoms with E-state index >= 15 is 0 Å². The third kappa shape index (κ3) is 6.42. The van der Waals surface area contributed by atoms with Crippen LogP contribution in [-0.2, 0) is 14.3 Å². The zero-order valence-electron chi connectivity index (χ0n) is 19.9. The molecular formula is C24H25N5O6S. The second kappa shape index (κ2) is 11.9. The van der Waals surface area contributed by atoms with Crippen molar-refractivity contribution >= 4 is 41.1 Å². The molecular weight excluding hydrogens is 486 g/mol. The van der Waals surface area contributed by atoms with Crippen molar-refractivity contribution in [1.29, 1.82) is 0 Å². The van der Waals surface area contributed by atoms with E-state index in [1.54, 1.807) is 57.2 Å². The number of aryl methyl sites for hydroxylation is 1. The van der Waals surface area contributed by atoms with Crippen molar-refractivity contribution in [2.75, 3.05) is 13.2 Å². The summed E-state index contributed by atoms with van der Waals surface area (Å²) in [4.78, 5) is 35.5. The van der Waals surface area contributed by atoms with E-state index in [1.165, 1.54) is 12.3 Å². The van der Waals surface area contributed by atoms with Crippen LogP contribution in [0.1, 0.15) is 36.6 Å². The van der Waals surface area contributed by atoms with Gasteiger partial charge in [0.15, 0.2) is 11.7 Å². The normalized spacial score (nSPS) is 15.2. The molecule has 1 heterocycles. The maximum Gasteiger partial charge on any atom is 0.338 e. The van der Waals surface area contributed by atoms with E-state index in [4.69, 9.17) is 21.7 Å². The number of rotatable bonds is 9. The highest BCUT2D eigenvalue weighted by Gasteiger charge is 2.32. The van der Waals surface area contributed by atoms with Gasteiger partial charge in [0, 0.05) is 28.5 Å². The number of ether oxygens (including phenoxy) is 2. The number of carbonyl (C=O) groups excluding carboxylic acids is 2. The molecule has 0 aromatic heterocycles. The molecule has 0 spiro atoms. The molecule has 0 bridgehead atoms. The van der Waals surface area contributed by atoms with E-state index in [0.717, 1.165) is 0 Å². The number of carbonyl (C=O) groups is 2. The molecule has 0 saturated heterocycles. The third-order valence-electron chi connectivity index (χ3n) is 5.19. The van der Waals surface area contributed by atoms with E-state index in [2.05, 4.69) is 21.2 Å². The number of amides is 1. The van der Waals surface area contributed by atoms with Crippen LogP contribution in [0, 0.1) is 17.0 Å². The SMILES string of the molecule is CCOC(=O)C1=C(C)NC(=S)N[C@@H]1c1ccccc1OCC(=O)NN=Cc1ccc(C)c([N+](=O)[O-])c1. The van der Waals surface area contributed by atoms with Gasteiger partial charge in [-0.15, -0.1) is 0 Å². The second-order valence-corrected chi connectivity index (χ2v) is 8.12. The Hall–Kier alpha value is -4.32. The highest BCUT2D eigenvalue weighted by molar-refractivity contribution is 7.80. The van der Waals surface area contributed by atoms with Crippen LogP contribution in [0.2, 0.25) is 0 Å². The van der Waals surface area contributed by atoms with Crippen molar-refractivity contribution in [3.63, 3.8) is 0 Å². The first-order chi connectivity index (χ1) is 17.2. The predicted molar refractivity (Wildman–Crippen MR) is 136 cm³/mol. The number of allylic oxidation sites excluding steroid dienone is 1. The number of nitrogens with one attached hydrogen (secondary N) is 3. The summed E-state index contributed by atoms with van der Waals surface area (Å²) in [7, 11) is 0. The number of nitrogens with zero attached hydrogens (tertiary/aromatic N) is 2. The van der Waals surface area contributed by atoms with Gasteiger partial charge in [-0.2, -0.15) is 5.10 Å². The summed E-state index contributed by atoms with van der Waals surface area (Å²) in [6, 6.07) is 10.9. The molecule has 3 rings (SSSR count). The zero-order valence-corrected chi connectivity index (χ0v) is 20.7. The van der Waals surface area contributed by atoms with Crippen LogP contribution in [0.25, 0.3) is 0 Å². The lowest BCUT2D eigenvalue weighted by Crippen LogP contribution is -2.45. The van der Waals surface area contributed by atoms with Gasteiger partial charge in [0.2, 0.25) is 0 Å². The lowest BCUT2D eigenvalue weighted by molar-refractivity contribution is -0.385. The Balaban J connectivity index is 1.70. The van der Waals surface area contributed by atoms with E-state index in [1.807, 2.05) is 0 Å². The molecule has 0 radical (unpaired) electrons. The second-order valence-electron chi connectivity index (χ2n) is 7.71. The van der Waals surface area contributed by atoms with Crippen LogP contribution in [0.15, 0.2) is 58.8 Å². The summed E-state index contributed by atoms with van der Waals surface area (Å²) in [5.74, 6) is -0.683. The minimum absolute atomic E-state index is 0.0392. The van der Waals surface area contributed by atoms with Crippen molar-refractivity contribution in [2.24, 2.45) is 5.10 Å². The van der Waals surface area contributed by atoms with Crippen molar-refractivity contribution < 1.29 is 24.0 Å². The molecule has 0 unspecified atom stereocenters. The maximum absolute atomic E-state index is 12.6. The van der Waals surface area contributed by atoms with E-state index < -0.39 is 22.8 Å². The molecule has 188 valence electrons. The Morgan fingerprint density at radius 1 is 1.25 bits per heavy atom. The lowest BCUT2D eigenvalue weighted by Gasteiger charge is -2.30. The van der Waals surface area contributed by atoms with Crippen molar-refractivity contribution in [1.82, 2.24) is 16.1 Å². The molecule has 0 aliphatic carbocycles. The fraction of sp³-hybridized carbons (Fsp3) is 0.250. The minimum Gasteiger partial charge on any atom is -0.483 e. The quantitative estimate of drug-likeness (QED) is 0.152. The molecule has 1 aliphatic heterocycles. The Morgan fingerprint density at radius 2 is 2.00 bits per heavy atom. The number of nitro groups is 1. The number of hydrazone groups is 1. The van der Waals surface area contributed by atoms with Gasteiger partial charge in [0.25, 0.3) is 11.6 Å². The summed E-state index contributed by atoms with van der Waals surface area (Å²) in [5.41, 5.74) is 4.76. The molecule has 3 N–H and O–H groups in total. The molecule has 12 heteroatoms. The molecule has 11 nitrogen and oxygen atoms in total. The summed E-state index contributed by atoms with van der Waals surface area (Å²) in [5, 5.41) is 21.2. The highest BCUT2D eigenvalue weighted by atomic mass is 32.1. The van der Waals surface area contributed by atoms with Gasteiger partial charge in [-0.3, -0.25) is 14.9 Å². The smallest absolute Gasteiger partial charge is 0.338 e. The van der Waals surface area contributed by atoms with Gasteiger partial charge in [-0.25, -0.2) is 10.2 Å². The number of esters is 1. The molecule has 1 amide bonds. The van der Waals surface area contributed by atoms with Crippen LogP contribution >= 0.6 is 12.2 Å². The predicted octanol–water partition coefficient (Wildman–Crippen LogP) is 2.79. The summed E-state index contributed by atoms with van der Waals surface area (Å²) in [6.07, 6.45) is 1.30. The van der Waals surface area contributed by atoms with Crippen molar-refractivity contribution in [3.8, 4) is 5.75 Å². The molecule has 1 atom stereocenters. The van der Waals surface area contributed by atoms with Crippen LogP contribution in [0.4, 0.5) is 5.69 Å². The first-order valence-corrected chi connectivity index (χ1v) is 11.4. The Labute approximate surface area is 212 Å². The molecule has 1 aliphatic rings. The number of hydrogen-bond acceptors (Lipinski definition) is 8. The topological polar surface area (TPSA) is 144 Å². The van der Waals surface area contributed by atoms with Gasteiger partial charge in [-0.05, 0) is 39.1 Å². The highest BCUT2D eigenvalue weighted by Crippen LogP contribution is 2.33. The molecule has 0 fully saturated rings. The summed E-state index contributed by atoms with van der Waals surface area (Å²) >= 11 is 5.26. The van der Waals surface area contributed by atoms with Gasteiger partial charge in [0.05, 0.1) is 29.4 Å². The first-order valence-electron chi connectivity index (χ1n) is 10.9. The number of benzene rings is 2. The fourth-order valence-electron chi connectivity index (χ4n) is 3.51. The summed E-state index contributed by atoms with van der Waals surface area (Å²) in [6.45, 7) is 4.92. The Morgan fingerprint density at radius 3 is 2.72 bits per heavy atom. The lowest BCUT2D eigenvalue weighted by atomic mass is 9.95. The van der Waals surface area contributed by atoms with Crippen LogP contribution < -0.4 is 20.8 Å². The number of thiocarbonyl (C=S) groups is 1. The molecule has 2 aromatic rings. The largest absolute Gasteiger partial charge is 0.483 e. The monoisotopic (exact) mass is 511 g/mol. The molecule has 0 saturated carbocycles. The third-order valence-corrected chi connectivity index (χ3v) is 5.41. The van der Waals surface area contributed by atoms with Crippen molar-refractivity contribution in [2.45, 2.75) is 26.8 Å². The molecule has 2 aromatic carbocycles. The van der Waals surface area contributed by atoms with Gasteiger partial charge in [-0.1, -0.05) is 30.3 Å². The maximum atomic E-state index is 12.6. The average Bonchev–Trinajstić information content (AvgIpc) is 2.83. The molecule has 36 heavy (non-hydrogen) atoms. The first kappa shape index (κ1) is 26.3. The Kier molecular flexibility index (Phi) is 8.68. The standard InChI is InChI=1S/C24H25N5O6S/c1-4-34-23(31)21-15(3)26-24(36)27-22(21)17-7-5-6-8-19(17)35-13-20(30)28-25-12-16-10-9-14(2)18(11-16)29(32)33/h5-12,22H,4,13H2,1-3H3,(H,28,30)(H2,26,27,36)/t22-/m1/s1. The van der Waals surface area contributed by atoms with Crippen molar-refractivity contribution in [3.05, 3.63) is 80.5 Å². The number of para-hydroxylation sites is 1. The minimum atomic E-state index is -0.646. The van der Waals surface area contributed by atoms with E-state index in [-0.39, 0.29) is 18.9 Å². The number of hydrogen-bond donors (Lipinski definition) is 3. The average molecular weight is 512 g/mol. The van der Waals surface area contributed by atoms with Gasteiger partial charge in [0.1, 0.15) is 5.75 Å². The van der Waals surface area contributed by atoms with Gasteiger partial charge < -0.3 is 20.1 Å². The Bertz CT molecular complexity index is 1260.